The number of aliphatic hydroxyl groups excluding tert-OH is 1. The molecule has 0 atom stereocenters. The Morgan fingerprint density at radius 2 is 2.10 bits per heavy atom. The van der Waals surface area contributed by atoms with Crippen LogP contribution in [0.5, 0.6) is 0 Å². The third-order valence-corrected chi connectivity index (χ3v) is 2.32. The quantitative estimate of drug-likeness (QED) is 0.741. The number of hydrogen-bond donors (Lipinski definition) is 3. The van der Waals surface area contributed by atoms with Gasteiger partial charge in [0.15, 0.2) is 0 Å². The molecule has 0 spiro atoms. The number of anilines is 1. The molecule has 0 bridgehead atoms. The standard InChI is InChI=1S/C12H12F3N3O2/c13-12(14,15)10-6-9(3-2-8(10)7-16)18-11(20)17-4-1-5-19/h2-3,6,19H,1,4-5H2,(H2,17,18,20). The minimum atomic E-state index is -4.67. The summed E-state index contributed by atoms with van der Waals surface area (Å²) < 4.78 is 38.1. The van der Waals surface area contributed by atoms with Gasteiger partial charge in [0.25, 0.3) is 0 Å². The van der Waals surface area contributed by atoms with E-state index < -0.39 is 23.3 Å². The molecule has 0 radical (unpaired) electrons. The van der Waals surface area contributed by atoms with Crippen LogP contribution in [0.15, 0.2) is 18.2 Å². The molecule has 5 nitrogen and oxygen atoms in total. The van der Waals surface area contributed by atoms with Crippen LogP contribution in [0.1, 0.15) is 17.5 Å². The number of carbonyl (C=O) groups excluding carboxylic acids is 1. The molecule has 0 aliphatic heterocycles. The molecule has 3 N–H and O–H groups in total. The van der Waals surface area contributed by atoms with Crippen molar-refractivity contribution in [3.63, 3.8) is 0 Å². The predicted molar refractivity (Wildman–Crippen MR) is 64.9 cm³/mol. The van der Waals surface area contributed by atoms with E-state index in [0.717, 1.165) is 6.07 Å². The SMILES string of the molecule is N#Cc1ccc(NC(=O)NCCCO)cc1C(F)(F)F. The first kappa shape index (κ1) is 15.8. The molecule has 1 rings (SSSR count). The molecule has 0 aromatic heterocycles. The highest BCUT2D eigenvalue weighted by atomic mass is 19.4. The number of nitriles is 1. The summed E-state index contributed by atoms with van der Waals surface area (Å²) in [6.07, 6.45) is -4.33. The van der Waals surface area contributed by atoms with Gasteiger partial charge < -0.3 is 15.7 Å². The number of nitrogens with one attached hydrogen (secondary N) is 2. The second-order valence-electron chi connectivity index (χ2n) is 3.83. The number of rotatable bonds is 4. The van der Waals surface area contributed by atoms with Gasteiger partial charge >= 0.3 is 12.2 Å². The molecule has 0 unspecified atom stereocenters. The number of alkyl halides is 3. The van der Waals surface area contributed by atoms with Crippen LogP contribution in [0.4, 0.5) is 23.7 Å². The van der Waals surface area contributed by atoms with Crippen molar-refractivity contribution in [1.82, 2.24) is 5.32 Å². The van der Waals surface area contributed by atoms with Crippen LogP contribution in [0, 0.1) is 11.3 Å². The zero-order valence-electron chi connectivity index (χ0n) is 10.3. The first-order valence-corrected chi connectivity index (χ1v) is 5.65. The van der Waals surface area contributed by atoms with E-state index in [4.69, 9.17) is 10.4 Å². The number of nitrogens with zero attached hydrogens (tertiary/aromatic N) is 1. The van der Waals surface area contributed by atoms with E-state index in [1.165, 1.54) is 12.1 Å². The van der Waals surface area contributed by atoms with Crippen LogP contribution in [0.25, 0.3) is 0 Å². The Kier molecular flexibility index (Phi) is 5.34. The lowest BCUT2D eigenvalue weighted by Crippen LogP contribution is -2.30. The topological polar surface area (TPSA) is 85.2 Å². The predicted octanol–water partition coefficient (Wildman–Crippen LogP) is 2.08. The molecule has 0 saturated heterocycles. The fourth-order valence-corrected chi connectivity index (χ4v) is 1.41. The molecular weight excluding hydrogens is 275 g/mol. The molecule has 20 heavy (non-hydrogen) atoms. The van der Waals surface area contributed by atoms with Crippen molar-refractivity contribution in [3.8, 4) is 6.07 Å². The van der Waals surface area contributed by atoms with Gasteiger partial charge in [-0.1, -0.05) is 0 Å². The van der Waals surface area contributed by atoms with Gasteiger partial charge in [0, 0.05) is 18.8 Å². The van der Waals surface area contributed by atoms with Crippen molar-refractivity contribution in [2.75, 3.05) is 18.5 Å². The summed E-state index contributed by atoms with van der Waals surface area (Å²) >= 11 is 0. The van der Waals surface area contributed by atoms with Crippen molar-refractivity contribution in [1.29, 1.82) is 5.26 Å². The molecule has 0 aliphatic rings. The van der Waals surface area contributed by atoms with E-state index >= 15 is 0 Å². The summed E-state index contributed by atoms with van der Waals surface area (Å²) in [5.41, 5.74) is -1.69. The van der Waals surface area contributed by atoms with E-state index in [9.17, 15) is 18.0 Å². The van der Waals surface area contributed by atoms with Crippen LogP contribution in [0.2, 0.25) is 0 Å². The smallest absolute Gasteiger partial charge is 0.396 e. The Bertz CT molecular complexity index is 524. The Labute approximate surface area is 113 Å². The summed E-state index contributed by atoms with van der Waals surface area (Å²) in [5.74, 6) is 0. The Balaban J connectivity index is 2.83. The van der Waals surface area contributed by atoms with Crippen LogP contribution in [0.3, 0.4) is 0 Å². The van der Waals surface area contributed by atoms with Crippen LogP contribution in [-0.2, 0) is 6.18 Å². The highest BCUT2D eigenvalue weighted by Crippen LogP contribution is 2.33. The van der Waals surface area contributed by atoms with E-state index in [1.807, 2.05) is 0 Å². The number of amides is 2. The molecule has 108 valence electrons. The zero-order chi connectivity index (χ0) is 15.2. The number of hydrogen-bond acceptors (Lipinski definition) is 3. The van der Waals surface area contributed by atoms with E-state index in [1.54, 1.807) is 0 Å². The number of carbonyl (C=O) groups is 1. The number of aliphatic hydroxyl groups is 1. The summed E-state index contributed by atoms with van der Waals surface area (Å²) in [7, 11) is 0. The lowest BCUT2D eigenvalue weighted by atomic mass is 10.1. The van der Waals surface area contributed by atoms with Gasteiger partial charge in [-0.05, 0) is 24.6 Å². The molecule has 0 fully saturated rings. The first-order chi connectivity index (χ1) is 9.38. The highest BCUT2D eigenvalue weighted by molar-refractivity contribution is 5.89. The maximum absolute atomic E-state index is 12.7. The van der Waals surface area contributed by atoms with Gasteiger partial charge in [0.05, 0.1) is 17.2 Å². The number of halogens is 3. The van der Waals surface area contributed by atoms with Gasteiger partial charge in [-0.2, -0.15) is 18.4 Å². The van der Waals surface area contributed by atoms with Crippen LogP contribution >= 0.6 is 0 Å². The first-order valence-electron chi connectivity index (χ1n) is 5.65. The molecule has 0 aliphatic carbocycles. The maximum Gasteiger partial charge on any atom is 0.417 e. The van der Waals surface area contributed by atoms with Crippen molar-refractivity contribution in [2.24, 2.45) is 0 Å². The number of benzene rings is 1. The Morgan fingerprint density at radius 1 is 1.40 bits per heavy atom. The second-order valence-corrected chi connectivity index (χ2v) is 3.83. The van der Waals surface area contributed by atoms with Crippen molar-refractivity contribution in [2.45, 2.75) is 12.6 Å². The summed E-state index contributed by atoms with van der Waals surface area (Å²) in [4.78, 5) is 11.4. The summed E-state index contributed by atoms with van der Waals surface area (Å²) in [6, 6.07) is 3.66. The Hall–Kier alpha value is -2.27. The fraction of sp³-hybridized carbons (Fsp3) is 0.333. The van der Waals surface area contributed by atoms with Gasteiger partial charge in [0.2, 0.25) is 0 Å². The van der Waals surface area contributed by atoms with Gasteiger partial charge in [-0.25, -0.2) is 4.79 Å². The highest BCUT2D eigenvalue weighted by Gasteiger charge is 2.33. The monoisotopic (exact) mass is 287 g/mol. The van der Waals surface area contributed by atoms with Crippen LogP contribution < -0.4 is 10.6 Å². The van der Waals surface area contributed by atoms with Crippen LogP contribution in [-0.4, -0.2) is 24.3 Å². The molecule has 1 aromatic rings. The second kappa shape index (κ2) is 6.77. The normalized spacial score (nSPS) is 10.8. The molecule has 8 heteroatoms. The fourth-order valence-electron chi connectivity index (χ4n) is 1.41. The summed E-state index contributed by atoms with van der Waals surface area (Å²) in [6.45, 7) is 0.0973. The molecule has 0 saturated carbocycles. The molecular formula is C12H12F3N3O2. The van der Waals surface area contributed by atoms with Crippen molar-refractivity contribution < 1.29 is 23.1 Å². The third kappa shape index (κ3) is 4.44. The lowest BCUT2D eigenvalue weighted by Gasteiger charge is -2.12. The Morgan fingerprint density at radius 3 is 2.65 bits per heavy atom. The average molecular weight is 287 g/mol. The molecule has 0 heterocycles. The van der Waals surface area contributed by atoms with Gasteiger partial charge in [0.1, 0.15) is 0 Å². The molecule has 1 aromatic carbocycles. The van der Waals surface area contributed by atoms with Gasteiger partial charge in [-0.3, -0.25) is 0 Å². The zero-order valence-corrected chi connectivity index (χ0v) is 10.3. The maximum atomic E-state index is 12.7. The van der Waals surface area contributed by atoms with E-state index in [2.05, 4.69) is 10.6 Å². The van der Waals surface area contributed by atoms with Gasteiger partial charge in [-0.15, -0.1) is 0 Å². The van der Waals surface area contributed by atoms with Crippen molar-refractivity contribution >= 4 is 11.7 Å². The largest absolute Gasteiger partial charge is 0.417 e. The number of urea groups is 1. The average Bonchev–Trinajstić information content (AvgIpc) is 2.38. The third-order valence-electron chi connectivity index (χ3n) is 2.32. The van der Waals surface area contributed by atoms with E-state index in [-0.39, 0.29) is 18.8 Å². The minimum absolute atomic E-state index is 0.0715. The molecule has 2 amide bonds. The van der Waals surface area contributed by atoms with Crippen molar-refractivity contribution in [3.05, 3.63) is 29.3 Å². The minimum Gasteiger partial charge on any atom is -0.396 e. The lowest BCUT2D eigenvalue weighted by molar-refractivity contribution is -0.137. The van der Waals surface area contributed by atoms with E-state index in [0.29, 0.717) is 12.5 Å². The summed E-state index contributed by atoms with van der Waals surface area (Å²) in [5, 5.41) is 21.7.